The number of phosphoric acid groups is 1. The highest BCUT2D eigenvalue weighted by molar-refractivity contribution is 7.45. The number of carbonyl (C=O) groups is 1. The minimum atomic E-state index is -4.58. The standard InChI is InChI=1S/C37H71N2O6P/c1-6-8-10-12-14-16-17-18-19-20-21-22-23-25-27-29-31-37(41)38-35(34-45-46(42,43)44-33-32-39(3,4)5)36(40)30-28-26-24-15-13-11-9-7-2/h13,15,19-20,28,30,35-36,40H,6-12,14,16-18,21-27,29,31-34H2,1-5H3,(H-,38,41,42,43)/b15-13+,20-19-,30-28+. The molecule has 0 spiro atoms. The van der Waals surface area contributed by atoms with Gasteiger partial charge in [-0.2, -0.15) is 0 Å². The van der Waals surface area contributed by atoms with Gasteiger partial charge in [0.1, 0.15) is 13.2 Å². The maximum absolute atomic E-state index is 12.7. The summed E-state index contributed by atoms with van der Waals surface area (Å²) in [5.41, 5.74) is 0. The molecule has 0 aromatic heterocycles. The number of rotatable bonds is 32. The van der Waals surface area contributed by atoms with Crippen molar-refractivity contribution in [2.45, 2.75) is 154 Å². The zero-order chi connectivity index (χ0) is 34.4. The number of phosphoric ester groups is 1. The zero-order valence-electron chi connectivity index (χ0n) is 30.3. The molecule has 46 heavy (non-hydrogen) atoms. The fourth-order valence-corrected chi connectivity index (χ4v) is 5.52. The van der Waals surface area contributed by atoms with Crippen LogP contribution in [-0.2, 0) is 18.4 Å². The van der Waals surface area contributed by atoms with Gasteiger partial charge in [0.15, 0.2) is 0 Å². The van der Waals surface area contributed by atoms with E-state index in [1.165, 1.54) is 64.2 Å². The number of allylic oxidation sites excluding steroid dienone is 5. The Labute approximate surface area is 283 Å². The van der Waals surface area contributed by atoms with Crippen molar-refractivity contribution in [2.24, 2.45) is 0 Å². The molecule has 0 rings (SSSR count). The Hall–Kier alpha value is -1.28. The number of quaternary nitrogens is 1. The van der Waals surface area contributed by atoms with Crippen LogP contribution in [0.5, 0.6) is 0 Å². The second kappa shape index (κ2) is 29.8. The Kier molecular flexibility index (Phi) is 29.0. The zero-order valence-corrected chi connectivity index (χ0v) is 31.2. The fourth-order valence-electron chi connectivity index (χ4n) is 4.79. The molecule has 0 aliphatic rings. The van der Waals surface area contributed by atoms with E-state index in [-0.39, 0.29) is 12.5 Å². The van der Waals surface area contributed by atoms with Gasteiger partial charge in [0.2, 0.25) is 5.91 Å². The van der Waals surface area contributed by atoms with Crippen molar-refractivity contribution in [1.82, 2.24) is 5.32 Å². The molecule has 0 bridgehead atoms. The van der Waals surface area contributed by atoms with Gasteiger partial charge >= 0.3 is 0 Å². The maximum atomic E-state index is 12.7. The average molecular weight is 671 g/mol. The first kappa shape index (κ1) is 44.7. The van der Waals surface area contributed by atoms with Gasteiger partial charge in [-0.15, -0.1) is 0 Å². The van der Waals surface area contributed by atoms with Crippen molar-refractivity contribution in [3.8, 4) is 0 Å². The van der Waals surface area contributed by atoms with Gasteiger partial charge < -0.3 is 28.8 Å². The van der Waals surface area contributed by atoms with E-state index in [0.29, 0.717) is 17.4 Å². The molecular formula is C37H71N2O6P. The summed E-state index contributed by atoms with van der Waals surface area (Å²) < 4.78 is 23.0. The lowest BCUT2D eigenvalue weighted by atomic mass is 10.1. The summed E-state index contributed by atoms with van der Waals surface area (Å²) >= 11 is 0. The van der Waals surface area contributed by atoms with E-state index in [1.807, 2.05) is 27.2 Å². The molecule has 1 amide bonds. The molecule has 8 nitrogen and oxygen atoms in total. The highest BCUT2D eigenvalue weighted by Crippen LogP contribution is 2.38. The Morgan fingerprint density at radius 1 is 0.739 bits per heavy atom. The van der Waals surface area contributed by atoms with E-state index in [4.69, 9.17) is 9.05 Å². The van der Waals surface area contributed by atoms with Crippen molar-refractivity contribution < 1.29 is 32.9 Å². The smallest absolute Gasteiger partial charge is 0.268 e. The molecule has 3 atom stereocenters. The van der Waals surface area contributed by atoms with E-state index in [0.717, 1.165) is 57.8 Å². The summed E-state index contributed by atoms with van der Waals surface area (Å²) in [4.78, 5) is 25.0. The van der Waals surface area contributed by atoms with Crippen LogP contribution in [0, 0.1) is 0 Å². The molecule has 0 saturated heterocycles. The van der Waals surface area contributed by atoms with Crippen LogP contribution in [-0.4, -0.2) is 68.5 Å². The molecule has 9 heteroatoms. The predicted octanol–water partition coefficient (Wildman–Crippen LogP) is 8.55. The van der Waals surface area contributed by atoms with Crippen molar-refractivity contribution in [3.05, 3.63) is 36.5 Å². The van der Waals surface area contributed by atoms with Crippen molar-refractivity contribution >= 4 is 13.7 Å². The number of nitrogens with one attached hydrogen (secondary N) is 1. The van der Waals surface area contributed by atoms with Crippen LogP contribution in [0.4, 0.5) is 0 Å². The van der Waals surface area contributed by atoms with E-state index >= 15 is 0 Å². The molecule has 0 aromatic carbocycles. The number of aliphatic hydroxyl groups is 1. The summed E-state index contributed by atoms with van der Waals surface area (Å²) in [7, 11) is 1.23. The monoisotopic (exact) mass is 671 g/mol. The van der Waals surface area contributed by atoms with E-state index in [2.05, 4.69) is 43.5 Å². The Morgan fingerprint density at radius 2 is 1.24 bits per heavy atom. The molecule has 0 aromatic rings. The third-order valence-electron chi connectivity index (χ3n) is 7.82. The quantitative estimate of drug-likeness (QED) is 0.0321. The number of aliphatic hydroxyl groups excluding tert-OH is 1. The van der Waals surface area contributed by atoms with E-state index in [9.17, 15) is 19.4 Å². The molecule has 0 heterocycles. The Morgan fingerprint density at radius 3 is 1.83 bits per heavy atom. The Bertz CT molecular complexity index is 855. The number of nitrogens with zero attached hydrogens (tertiary/aromatic N) is 1. The van der Waals surface area contributed by atoms with Gasteiger partial charge in [-0.1, -0.05) is 121 Å². The number of hydrogen-bond donors (Lipinski definition) is 2. The van der Waals surface area contributed by atoms with Gasteiger partial charge in [-0.05, 0) is 51.4 Å². The molecule has 0 saturated carbocycles. The normalized spacial score (nSPS) is 15.2. The summed E-state index contributed by atoms with van der Waals surface area (Å²) in [6.45, 7) is 4.51. The van der Waals surface area contributed by atoms with Crippen molar-refractivity contribution in [2.75, 3.05) is 40.9 Å². The highest BCUT2D eigenvalue weighted by atomic mass is 31.2. The van der Waals surface area contributed by atoms with Crippen LogP contribution in [0.25, 0.3) is 0 Å². The minimum absolute atomic E-state index is 0.00885. The number of hydrogen-bond acceptors (Lipinski definition) is 6. The van der Waals surface area contributed by atoms with Gasteiger partial charge in [0.25, 0.3) is 7.82 Å². The maximum Gasteiger partial charge on any atom is 0.268 e. The molecule has 0 aliphatic carbocycles. The van der Waals surface area contributed by atoms with Gasteiger partial charge in [-0.25, -0.2) is 0 Å². The van der Waals surface area contributed by atoms with Crippen LogP contribution < -0.4 is 10.2 Å². The second-order valence-corrected chi connectivity index (χ2v) is 15.0. The minimum Gasteiger partial charge on any atom is -0.756 e. The summed E-state index contributed by atoms with van der Waals surface area (Å²) in [6, 6.07) is -0.902. The number of likely N-dealkylation sites (N-methyl/N-ethyl adjacent to an activating group) is 1. The first-order chi connectivity index (χ1) is 22.0. The average Bonchev–Trinajstić information content (AvgIpc) is 2.99. The number of amides is 1. The summed E-state index contributed by atoms with van der Waals surface area (Å²) in [5, 5.41) is 13.6. The van der Waals surface area contributed by atoms with Crippen molar-refractivity contribution in [3.63, 3.8) is 0 Å². The Balaban J connectivity index is 4.49. The van der Waals surface area contributed by atoms with Gasteiger partial charge in [0.05, 0.1) is 39.9 Å². The lowest BCUT2D eigenvalue weighted by Crippen LogP contribution is -2.45. The van der Waals surface area contributed by atoms with Gasteiger partial charge in [0, 0.05) is 6.42 Å². The van der Waals surface area contributed by atoms with Crippen LogP contribution in [0.1, 0.15) is 142 Å². The molecular weight excluding hydrogens is 599 g/mol. The molecule has 3 unspecified atom stereocenters. The highest BCUT2D eigenvalue weighted by Gasteiger charge is 2.23. The fraction of sp³-hybridized carbons (Fsp3) is 0.811. The molecule has 0 fully saturated rings. The first-order valence-electron chi connectivity index (χ1n) is 18.4. The van der Waals surface area contributed by atoms with Gasteiger partial charge in [-0.3, -0.25) is 9.36 Å². The summed E-state index contributed by atoms with van der Waals surface area (Å²) in [5.74, 6) is -0.222. The van der Waals surface area contributed by atoms with E-state index < -0.39 is 26.6 Å². The number of unbranched alkanes of at least 4 members (excludes halogenated alkanes) is 15. The topological polar surface area (TPSA) is 108 Å². The third-order valence-corrected chi connectivity index (χ3v) is 8.79. The lowest BCUT2D eigenvalue weighted by Gasteiger charge is -2.29. The van der Waals surface area contributed by atoms with E-state index in [1.54, 1.807) is 6.08 Å². The van der Waals surface area contributed by atoms with Crippen LogP contribution in [0.2, 0.25) is 0 Å². The first-order valence-corrected chi connectivity index (χ1v) is 19.8. The molecule has 0 radical (unpaired) electrons. The molecule has 0 aliphatic heterocycles. The van der Waals surface area contributed by atoms with Crippen LogP contribution >= 0.6 is 7.82 Å². The van der Waals surface area contributed by atoms with Crippen molar-refractivity contribution in [1.29, 1.82) is 0 Å². The van der Waals surface area contributed by atoms with Crippen LogP contribution in [0.15, 0.2) is 36.5 Å². The third kappa shape index (κ3) is 31.3. The number of carbonyl (C=O) groups excluding carboxylic acids is 1. The molecule has 2 N–H and O–H groups in total. The van der Waals surface area contributed by atoms with Crippen LogP contribution in [0.3, 0.4) is 0 Å². The largest absolute Gasteiger partial charge is 0.756 e. The lowest BCUT2D eigenvalue weighted by molar-refractivity contribution is -0.870. The predicted molar refractivity (Wildman–Crippen MR) is 191 cm³/mol. The summed E-state index contributed by atoms with van der Waals surface area (Å²) in [6.07, 6.45) is 33.5. The second-order valence-electron chi connectivity index (χ2n) is 13.6. The SMILES string of the molecule is CCCC/C=C/CC/C=C/C(O)C(COP(=O)([O-])OCC[N+](C)(C)C)NC(=O)CCCCCCC/C=C\CCCCCCCCC. The molecule has 270 valence electrons.